The first-order valence-corrected chi connectivity index (χ1v) is 10.3. The number of fused-ring (bicyclic) bond motifs is 1. The lowest BCUT2D eigenvalue weighted by molar-refractivity contribution is -0.128. The van der Waals surface area contributed by atoms with E-state index < -0.39 is 5.97 Å². The van der Waals surface area contributed by atoms with Gasteiger partial charge in [0.25, 0.3) is 0 Å². The summed E-state index contributed by atoms with van der Waals surface area (Å²) in [6.07, 6.45) is 3.94. The molecule has 0 fully saturated rings. The maximum atomic E-state index is 13.0. The highest BCUT2D eigenvalue weighted by atomic mass is 35.5. The fourth-order valence-corrected chi connectivity index (χ4v) is 3.31. The summed E-state index contributed by atoms with van der Waals surface area (Å²) in [5.74, 6) is -0.291. The third-order valence-corrected chi connectivity index (χ3v) is 5.45. The van der Waals surface area contributed by atoms with Crippen LogP contribution in [0, 0.1) is 19.7 Å². The lowest BCUT2D eigenvalue weighted by atomic mass is 10.1. The number of benzene rings is 3. The number of hydrogen-bond acceptors (Lipinski definition) is 5. The van der Waals surface area contributed by atoms with Crippen molar-refractivity contribution in [3.8, 4) is 17.2 Å². The lowest BCUT2D eigenvalue weighted by Crippen LogP contribution is -2.06. The van der Waals surface area contributed by atoms with Crippen molar-refractivity contribution in [1.82, 2.24) is 0 Å². The second-order valence-electron chi connectivity index (χ2n) is 7.37. The summed E-state index contributed by atoms with van der Waals surface area (Å²) < 4.78 is 29.5. The van der Waals surface area contributed by atoms with Gasteiger partial charge < -0.3 is 13.9 Å². The maximum Gasteiger partial charge on any atom is 0.336 e. The first-order chi connectivity index (χ1) is 15.8. The van der Waals surface area contributed by atoms with Gasteiger partial charge in [-0.15, -0.1) is 0 Å². The minimum Gasteiger partial charge on any atom is -0.460 e. The number of aryl methyl sites for hydroxylation is 2. The van der Waals surface area contributed by atoms with Gasteiger partial charge in [0.05, 0.1) is 5.39 Å². The third-order valence-electron chi connectivity index (χ3n) is 4.85. The van der Waals surface area contributed by atoms with E-state index >= 15 is 0 Å². The zero-order valence-corrected chi connectivity index (χ0v) is 18.5. The quantitative estimate of drug-likeness (QED) is 0.189. The van der Waals surface area contributed by atoms with E-state index in [1.165, 1.54) is 60.9 Å². The van der Waals surface area contributed by atoms with Crippen molar-refractivity contribution >= 4 is 34.6 Å². The third kappa shape index (κ3) is 5.13. The van der Waals surface area contributed by atoms with E-state index in [-0.39, 0.29) is 33.7 Å². The van der Waals surface area contributed by atoms with E-state index in [4.69, 9.17) is 25.5 Å². The van der Waals surface area contributed by atoms with E-state index in [9.17, 15) is 14.0 Å². The van der Waals surface area contributed by atoms with E-state index in [2.05, 4.69) is 0 Å². The van der Waals surface area contributed by atoms with Gasteiger partial charge in [-0.3, -0.25) is 4.79 Å². The van der Waals surface area contributed by atoms with Gasteiger partial charge in [0.1, 0.15) is 29.2 Å². The zero-order valence-electron chi connectivity index (χ0n) is 17.7. The summed E-state index contributed by atoms with van der Waals surface area (Å²) in [5.41, 5.74) is 2.18. The van der Waals surface area contributed by atoms with Crippen LogP contribution in [0.5, 0.6) is 17.2 Å². The van der Waals surface area contributed by atoms with Gasteiger partial charge in [-0.25, -0.2) is 9.18 Å². The Labute approximate surface area is 193 Å². The summed E-state index contributed by atoms with van der Waals surface area (Å²) in [6, 6.07) is 13.6. The summed E-state index contributed by atoms with van der Waals surface area (Å²) >= 11 is 6.18. The van der Waals surface area contributed by atoms with E-state index in [0.29, 0.717) is 16.3 Å². The summed E-state index contributed by atoms with van der Waals surface area (Å²) in [5, 5.41) is 0.916. The smallest absolute Gasteiger partial charge is 0.336 e. The van der Waals surface area contributed by atoms with Crippen LogP contribution in [0.2, 0.25) is 5.02 Å². The number of carbonyl (C=O) groups excluding carboxylic acids is 1. The highest BCUT2D eigenvalue weighted by Crippen LogP contribution is 2.29. The molecule has 0 aliphatic carbocycles. The van der Waals surface area contributed by atoms with Crippen LogP contribution in [0.4, 0.5) is 4.39 Å². The molecule has 0 atom stereocenters. The Morgan fingerprint density at radius 2 is 1.70 bits per heavy atom. The molecule has 4 rings (SSSR count). The summed E-state index contributed by atoms with van der Waals surface area (Å²) in [7, 11) is 0. The first-order valence-electron chi connectivity index (χ1n) is 9.96. The van der Waals surface area contributed by atoms with E-state index in [1.54, 1.807) is 12.1 Å². The Balaban J connectivity index is 1.52. The highest BCUT2D eigenvalue weighted by molar-refractivity contribution is 6.32. The van der Waals surface area contributed by atoms with Gasteiger partial charge in [-0.1, -0.05) is 23.7 Å². The second-order valence-corrected chi connectivity index (χ2v) is 7.74. The molecular weight excluding hydrogens is 447 g/mol. The molecule has 1 heterocycles. The molecule has 0 spiro atoms. The predicted molar refractivity (Wildman–Crippen MR) is 125 cm³/mol. The molecule has 0 aliphatic rings. The Kier molecular flexibility index (Phi) is 6.29. The van der Waals surface area contributed by atoms with Crippen LogP contribution >= 0.6 is 11.6 Å². The molecule has 166 valence electrons. The minimum absolute atomic E-state index is 0.0237. The van der Waals surface area contributed by atoms with Crippen LogP contribution < -0.4 is 14.9 Å². The monoisotopic (exact) mass is 464 g/mol. The van der Waals surface area contributed by atoms with E-state index in [0.717, 1.165) is 11.1 Å². The van der Waals surface area contributed by atoms with Crippen LogP contribution in [0.25, 0.3) is 17.0 Å². The normalized spacial score (nSPS) is 11.2. The molecule has 0 aliphatic heterocycles. The zero-order chi connectivity index (χ0) is 23.5. The summed E-state index contributed by atoms with van der Waals surface area (Å²) in [6.45, 7) is 3.70. The molecule has 1 aromatic heterocycles. The van der Waals surface area contributed by atoms with Crippen molar-refractivity contribution < 1.29 is 23.1 Å². The molecule has 3 aromatic carbocycles. The fraction of sp³-hybridized carbons (Fsp3) is 0.0769. The molecule has 0 amide bonds. The molecule has 7 heteroatoms. The summed E-state index contributed by atoms with van der Waals surface area (Å²) in [4.78, 5) is 24.9. The highest BCUT2D eigenvalue weighted by Gasteiger charge is 2.12. The Morgan fingerprint density at radius 1 is 1.00 bits per heavy atom. The number of halogens is 2. The molecule has 4 aromatic rings. The molecule has 0 bridgehead atoms. The van der Waals surface area contributed by atoms with Gasteiger partial charge in [0.15, 0.2) is 0 Å². The molecule has 0 radical (unpaired) electrons. The standard InChI is InChI=1S/C26H18ClFO5/c1-15-11-20(12-16(2)25(15)27)32-23-14-31-22-13-19(8-9-21(22)26(23)30)33-24(29)10-5-17-3-6-18(28)7-4-17/h3-14H,1-2H3. The Hall–Kier alpha value is -3.90. The molecule has 0 N–H and O–H groups in total. The van der Waals surface area contributed by atoms with Gasteiger partial charge in [-0.2, -0.15) is 0 Å². The number of hydrogen-bond donors (Lipinski definition) is 0. The average Bonchev–Trinajstić information content (AvgIpc) is 2.79. The first kappa shape index (κ1) is 22.3. The van der Waals surface area contributed by atoms with E-state index in [1.807, 2.05) is 13.8 Å². The van der Waals surface area contributed by atoms with Crippen molar-refractivity contribution in [2.24, 2.45) is 0 Å². The van der Waals surface area contributed by atoms with Crippen molar-refractivity contribution in [3.05, 3.63) is 105 Å². The Bertz CT molecular complexity index is 1410. The largest absolute Gasteiger partial charge is 0.460 e. The van der Waals surface area contributed by atoms with Gasteiger partial charge in [0.2, 0.25) is 11.2 Å². The van der Waals surface area contributed by atoms with Crippen LogP contribution in [0.1, 0.15) is 16.7 Å². The Morgan fingerprint density at radius 3 is 2.39 bits per heavy atom. The van der Waals surface area contributed by atoms with Crippen LogP contribution in [-0.4, -0.2) is 5.97 Å². The van der Waals surface area contributed by atoms with Gasteiger partial charge in [0, 0.05) is 17.2 Å². The van der Waals surface area contributed by atoms with Crippen LogP contribution in [-0.2, 0) is 4.79 Å². The number of rotatable bonds is 5. The lowest BCUT2D eigenvalue weighted by Gasteiger charge is -2.09. The number of ether oxygens (including phenoxy) is 2. The fourth-order valence-electron chi connectivity index (χ4n) is 3.21. The topological polar surface area (TPSA) is 65.7 Å². The second kappa shape index (κ2) is 9.30. The minimum atomic E-state index is -0.630. The van der Waals surface area contributed by atoms with Crippen molar-refractivity contribution in [2.45, 2.75) is 13.8 Å². The number of esters is 1. The molecule has 0 saturated carbocycles. The molecule has 33 heavy (non-hydrogen) atoms. The number of carbonyl (C=O) groups is 1. The predicted octanol–water partition coefficient (Wildman–Crippen LogP) is 6.61. The van der Waals surface area contributed by atoms with Crippen LogP contribution in [0.3, 0.4) is 0 Å². The van der Waals surface area contributed by atoms with Gasteiger partial charge in [-0.05, 0) is 73.0 Å². The molecule has 0 saturated heterocycles. The van der Waals surface area contributed by atoms with Crippen LogP contribution in [0.15, 0.2) is 76.1 Å². The maximum absolute atomic E-state index is 13.0. The van der Waals surface area contributed by atoms with Crippen molar-refractivity contribution in [1.29, 1.82) is 0 Å². The SMILES string of the molecule is Cc1cc(Oc2coc3cc(OC(=O)C=Cc4ccc(F)cc4)ccc3c2=O)cc(C)c1Cl. The molecule has 0 unspecified atom stereocenters. The van der Waals surface area contributed by atoms with Crippen molar-refractivity contribution in [3.63, 3.8) is 0 Å². The van der Waals surface area contributed by atoms with Gasteiger partial charge >= 0.3 is 5.97 Å². The molecule has 5 nitrogen and oxygen atoms in total. The molecular formula is C26H18ClFO5. The average molecular weight is 465 g/mol. The van der Waals surface area contributed by atoms with Crippen molar-refractivity contribution in [2.75, 3.05) is 0 Å².